The first-order chi connectivity index (χ1) is 35.0. The van der Waals surface area contributed by atoms with Crippen molar-refractivity contribution >= 4 is 39.8 Å². The van der Waals surface area contributed by atoms with Gasteiger partial charge < -0.3 is 13.8 Å². The standard InChI is InChI=1S/C33BF39N6/c35-4-1-16(13(44)10(41)7(4)38)77(74-19(1)22(47,48)25(53,54)28(59,60)31(65,66)67)34(78-17-2(5(36)8(39)11(42)14(17)45)20(75-78)23(49,50)26(55,56)29(61,62)32(68,69)70)79-18-3(6(37)9(40)12(43)15(18)46)21(76-79)24(51,52)27(57,58)30(63,64)33(71,72)73/q-1. The van der Waals surface area contributed by atoms with Crippen LogP contribution in [0.2, 0.25) is 0 Å². The minimum atomic E-state index is -8.62. The number of hydrogen-bond donors (Lipinski definition) is 0. The summed E-state index contributed by atoms with van der Waals surface area (Å²) >= 11 is 0. The van der Waals surface area contributed by atoms with Crippen molar-refractivity contribution in [2.24, 2.45) is 0 Å². The Morgan fingerprint density at radius 1 is 0.228 bits per heavy atom. The van der Waals surface area contributed by atoms with E-state index in [-0.39, 0.29) is 0 Å². The molecule has 0 saturated carbocycles. The van der Waals surface area contributed by atoms with Gasteiger partial charge in [0.1, 0.15) is 17.1 Å². The molecule has 3 aromatic heterocycles. The number of rotatable bonds is 12. The SMILES string of the molecule is Fc1c(F)c(F)c2c(c(C(F)(F)C(F)(F)C(F)(F)C(F)(F)F)nn2[B-](n2nc(C(F)(F)C(F)(F)C(F)(F)C(F)(F)F)c3c(F)c(F)c(F)c(F)c32)n2nc(C(F)(F)C(F)(F)C(F)(F)C(F)(F)F)c3c(F)c(F)c(F)c(F)c32)c1F. The molecule has 6 aromatic rings. The van der Waals surface area contributed by atoms with Crippen LogP contribution >= 0.6 is 0 Å². The summed E-state index contributed by atoms with van der Waals surface area (Å²) in [7, 11) is -5.72. The second-order valence-corrected chi connectivity index (χ2v) is 15.3. The molecule has 46 heteroatoms. The van der Waals surface area contributed by atoms with E-state index in [2.05, 4.69) is 0 Å². The highest BCUT2D eigenvalue weighted by atomic mass is 19.5. The van der Waals surface area contributed by atoms with E-state index in [0.717, 1.165) is 0 Å². The second kappa shape index (κ2) is 17.2. The first kappa shape index (κ1) is 61.6. The van der Waals surface area contributed by atoms with Crippen molar-refractivity contribution in [2.75, 3.05) is 0 Å². The zero-order valence-corrected chi connectivity index (χ0v) is 34.5. The Morgan fingerprint density at radius 3 is 0.557 bits per heavy atom. The highest BCUT2D eigenvalue weighted by Gasteiger charge is 2.85. The van der Waals surface area contributed by atoms with Crippen LogP contribution in [-0.4, -0.2) is 90.3 Å². The quantitative estimate of drug-likeness (QED) is 0.0531. The van der Waals surface area contributed by atoms with E-state index in [1.807, 2.05) is 0 Å². The van der Waals surface area contributed by atoms with Crippen molar-refractivity contribution in [1.82, 2.24) is 29.1 Å². The van der Waals surface area contributed by atoms with Gasteiger partial charge in [-0.15, -0.1) is 0 Å². The maximum atomic E-state index is 16.0. The van der Waals surface area contributed by atoms with Gasteiger partial charge in [-0.25, -0.2) is 68.0 Å². The maximum absolute atomic E-state index is 16.0. The van der Waals surface area contributed by atoms with Gasteiger partial charge in [-0.2, -0.15) is 119 Å². The highest BCUT2D eigenvalue weighted by molar-refractivity contribution is 6.56. The van der Waals surface area contributed by atoms with E-state index >= 15 is 65.9 Å². The third-order valence-electron chi connectivity index (χ3n) is 10.7. The van der Waals surface area contributed by atoms with Crippen molar-refractivity contribution < 1.29 is 171 Å². The molecular formula is C33BF39N6-. The molecule has 0 aliphatic rings. The lowest BCUT2D eigenvalue weighted by Crippen LogP contribution is -2.60. The van der Waals surface area contributed by atoms with Crippen LogP contribution < -0.4 is 0 Å². The van der Waals surface area contributed by atoms with Crippen LogP contribution in [0, 0.1) is 69.8 Å². The van der Waals surface area contributed by atoms with Crippen molar-refractivity contribution in [2.45, 2.75) is 71.8 Å². The van der Waals surface area contributed by atoms with Crippen molar-refractivity contribution in [3.05, 3.63) is 86.9 Å². The fourth-order valence-electron chi connectivity index (χ4n) is 6.82. The first-order valence-corrected chi connectivity index (χ1v) is 18.3. The third-order valence-corrected chi connectivity index (χ3v) is 10.7. The molecule has 0 bridgehead atoms. The summed E-state index contributed by atoms with van der Waals surface area (Å²) in [6.45, 7) is 0. The Morgan fingerprint density at radius 2 is 0.392 bits per heavy atom. The largest absolute Gasteiger partial charge is 0.460 e. The van der Waals surface area contributed by atoms with E-state index < -0.39 is 212 Å². The number of aromatic nitrogens is 6. The van der Waals surface area contributed by atoms with Gasteiger partial charge in [-0.05, 0) is 0 Å². The smallest absolute Gasteiger partial charge is 0.416 e. The van der Waals surface area contributed by atoms with Crippen LogP contribution in [0.25, 0.3) is 32.7 Å². The molecule has 0 atom stereocenters. The minimum Gasteiger partial charge on any atom is -0.416 e. The minimum absolute atomic E-state index is 1.64. The predicted molar refractivity (Wildman–Crippen MR) is 170 cm³/mol. The monoisotopic (exact) mass is 1230 g/mol. The van der Waals surface area contributed by atoms with Crippen LogP contribution in [0.5, 0.6) is 0 Å². The van der Waals surface area contributed by atoms with E-state index in [4.69, 9.17) is 0 Å². The zero-order valence-electron chi connectivity index (χ0n) is 34.5. The van der Waals surface area contributed by atoms with Crippen molar-refractivity contribution in [3.8, 4) is 0 Å². The van der Waals surface area contributed by atoms with Crippen molar-refractivity contribution in [1.29, 1.82) is 0 Å². The molecule has 0 spiro atoms. The average Bonchev–Trinajstić information content (AvgIpc) is 4.03. The van der Waals surface area contributed by atoms with E-state index in [0.29, 0.717) is 0 Å². The molecule has 0 aliphatic heterocycles. The number of alkyl halides is 27. The summed E-state index contributed by atoms with van der Waals surface area (Å²) in [5.41, 5.74) is -25.1. The molecule has 0 aliphatic carbocycles. The number of hydrogen-bond acceptors (Lipinski definition) is 3. The Kier molecular flexibility index (Phi) is 13.4. The van der Waals surface area contributed by atoms with Gasteiger partial charge in [0.05, 0.1) is 32.7 Å². The zero-order chi connectivity index (χ0) is 61.6. The van der Waals surface area contributed by atoms with Gasteiger partial charge in [-0.3, -0.25) is 0 Å². The summed E-state index contributed by atoms with van der Waals surface area (Å²) in [6, 6.07) is 0. The fraction of sp³-hybridized carbons (Fsp3) is 0.364. The molecule has 79 heavy (non-hydrogen) atoms. The van der Waals surface area contributed by atoms with Gasteiger partial charge in [-0.1, -0.05) is 0 Å². The summed E-state index contributed by atoms with van der Waals surface area (Å²) in [4.78, 5) is 0. The second-order valence-electron chi connectivity index (χ2n) is 15.3. The van der Waals surface area contributed by atoms with E-state index in [9.17, 15) is 105 Å². The van der Waals surface area contributed by atoms with Crippen LogP contribution in [0.15, 0.2) is 0 Å². The highest BCUT2D eigenvalue weighted by Crippen LogP contribution is 2.61. The molecule has 439 valence electrons. The lowest BCUT2D eigenvalue weighted by molar-refractivity contribution is -0.400. The molecule has 6 rings (SSSR count). The van der Waals surface area contributed by atoms with Crippen LogP contribution in [0.3, 0.4) is 0 Å². The van der Waals surface area contributed by atoms with E-state index in [1.54, 1.807) is 15.3 Å². The van der Waals surface area contributed by atoms with Gasteiger partial charge in [0.15, 0.2) is 69.8 Å². The van der Waals surface area contributed by atoms with Gasteiger partial charge >= 0.3 is 71.8 Å². The van der Waals surface area contributed by atoms with Crippen LogP contribution in [0.1, 0.15) is 17.1 Å². The van der Waals surface area contributed by atoms with Crippen molar-refractivity contribution in [3.63, 3.8) is 0 Å². The molecule has 0 unspecified atom stereocenters. The predicted octanol–water partition coefficient (Wildman–Crippen LogP) is 14.1. The number of nitrogens with zero attached hydrogens (tertiary/aromatic N) is 6. The Labute approximate surface area is 399 Å². The summed E-state index contributed by atoms with van der Waals surface area (Å²) in [5.74, 6) is -125. The van der Waals surface area contributed by atoms with Gasteiger partial charge in [0, 0.05) is 0 Å². The molecular weight excluding hydrogens is 1230 g/mol. The first-order valence-electron chi connectivity index (χ1n) is 18.3. The normalized spacial score (nSPS) is 14.9. The molecule has 0 amide bonds. The van der Waals surface area contributed by atoms with E-state index in [1.165, 1.54) is 0 Å². The molecule has 1 radical (unpaired) electrons. The molecule has 3 heterocycles. The lowest BCUT2D eigenvalue weighted by atomic mass is 9.92. The Bertz CT molecular complexity index is 3140. The molecule has 3 aromatic carbocycles. The third kappa shape index (κ3) is 7.62. The fourth-order valence-corrected chi connectivity index (χ4v) is 6.82. The molecule has 6 nitrogen and oxygen atoms in total. The van der Waals surface area contributed by atoms with Gasteiger partial charge in [0.2, 0.25) is 0 Å². The number of fused-ring (bicyclic) bond motifs is 3. The topological polar surface area (TPSA) is 53.5 Å². The number of benzene rings is 3. The van der Waals surface area contributed by atoms with Crippen LogP contribution in [-0.2, 0) is 17.8 Å². The summed E-state index contributed by atoms with van der Waals surface area (Å²) in [5, 5.41) is -6.86. The molecule has 0 N–H and O–H groups in total. The Hall–Kier alpha value is -6.60. The number of halogens is 39. The molecule has 0 fully saturated rings. The lowest BCUT2D eigenvalue weighted by Gasteiger charge is -2.34. The van der Waals surface area contributed by atoms with Gasteiger partial charge in [0.25, 0.3) is 7.12 Å². The summed E-state index contributed by atoms with van der Waals surface area (Å²) in [6.07, 6.45) is -24.5. The summed E-state index contributed by atoms with van der Waals surface area (Å²) < 4.78 is 565. The molecule has 0 saturated heterocycles. The maximum Gasteiger partial charge on any atom is 0.460 e. The van der Waals surface area contributed by atoms with Crippen LogP contribution in [0.4, 0.5) is 171 Å². The Balaban J connectivity index is 2.07. The average molecular weight is 1230 g/mol.